The van der Waals surface area contributed by atoms with Crippen molar-refractivity contribution in [3.63, 3.8) is 0 Å². The molecule has 2 nitrogen and oxygen atoms in total. The summed E-state index contributed by atoms with van der Waals surface area (Å²) in [5.74, 6) is 6.00. The Bertz CT molecular complexity index is 579. The maximum absolute atomic E-state index is 9.80. The van der Waals surface area contributed by atoms with E-state index in [0.29, 0.717) is 13.2 Å². The van der Waals surface area contributed by atoms with Crippen molar-refractivity contribution in [1.29, 1.82) is 0 Å². The van der Waals surface area contributed by atoms with Crippen LogP contribution in [-0.4, -0.2) is 17.8 Å². The lowest BCUT2D eigenvalue weighted by Crippen LogP contribution is -2.20. The molecule has 0 heterocycles. The highest BCUT2D eigenvalue weighted by molar-refractivity contribution is 5.34. The second-order valence-corrected chi connectivity index (χ2v) is 4.98. The molecule has 0 bridgehead atoms. The Hall–Kier alpha value is -2.08. The zero-order valence-corrected chi connectivity index (χ0v) is 12.2. The van der Waals surface area contributed by atoms with E-state index in [2.05, 4.69) is 11.8 Å². The fraction of sp³-hybridized carbons (Fsp3) is 0.263. The topological polar surface area (TPSA) is 29.5 Å². The second-order valence-electron chi connectivity index (χ2n) is 4.98. The highest BCUT2D eigenvalue weighted by Gasteiger charge is 2.12. The van der Waals surface area contributed by atoms with E-state index >= 15 is 0 Å². The smallest absolute Gasteiger partial charge is 0.0717 e. The van der Waals surface area contributed by atoms with Crippen LogP contribution in [0.15, 0.2) is 60.7 Å². The minimum Gasteiger partial charge on any atom is -0.392 e. The fourth-order valence-corrected chi connectivity index (χ4v) is 1.88. The van der Waals surface area contributed by atoms with E-state index in [1.807, 2.05) is 60.7 Å². The SMILES string of the molecule is C[C@H](O)[C@H](C#Cc1ccccc1)COCc1ccccc1. The van der Waals surface area contributed by atoms with Crippen LogP contribution in [0.25, 0.3) is 0 Å². The fourth-order valence-electron chi connectivity index (χ4n) is 1.88. The van der Waals surface area contributed by atoms with Crippen LogP contribution >= 0.6 is 0 Å². The standard InChI is InChI=1S/C19H20O2/c1-16(20)19(13-12-17-8-4-2-5-9-17)15-21-14-18-10-6-3-7-11-18/h2-11,16,19-20H,14-15H2,1H3/t16-,19+/m0/s1. The van der Waals surface area contributed by atoms with Crippen LogP contribution in [0.3, 0.4) is 0 Å². The van der Waals surface area contributed by atoms with Crippen molar-refractivity contribution in [2.75, 3.05) is 6.61 Å². The zero-order chi connectivity index (χ0) is 14.9. The molecule has 0 unspecified atom stereocenters. The number of ether oxygens (including phenoxy) is 1. The van der Waals surface area contributed by atoms with E-state index in [1.54, 1.807) is 6.92 Å². The van der Waals surface area contributed by atoms with Gasteiger partial charge in [0.1, 0.15) is 0 Å². The number of rotatable bonds is 5. The van der Waals surface area contributed by atoms with Gasteiger partial charge in [-0.25, -0.2) is 0 Å². The first-order valence-electron chi connectivity index (χ1n) is 7.12. The molecule has 0 fully saturated rings. The van der Waals surface area contributed by atoms with E-state index in [4.69, 9.17) is 4.74 Å². The molecule has 0 saturated carbocycles. The number of aliphatic hydroxyl groups is 1. The summed E-state index contributed by atoms with van der Waals surface area (Å²) in [7, 11) is 0. The Kier molecular flexibility index (Phi) is 6.02. The van der Waals surface area contributed by atoms with Crippen LogP contribution < -0.4 is 0 Å². The molecular formula is C19H20O2. The minimum atomic E-state index is -0.517. The Morgan fingerprint density at radius 1 is 1.00 bits per heavy atom. The predicted octanol–water partition coefficient (Wildman–Crippen LogP) is 3.25. The summed E-state index contributed by atoms with van der Waals surface area (Å²) in [6, 6.07) is 19.8. The summed E-state index contributed by atoms with van der Waals surface area (Å²) in [6.07, 6.45) is -0.517. The lowest BCUT2D eigenvalue weighted by atomic mass is 10.1. The Labute approximate surface area is 126 Å². The first-order chi connectivity index (χ1) is 10.3. The Morgan fingerprint density at radius 2 is 1.62 bits per heavy atom. The third-order valence-corrected chi connectivity index (χ3v) is 3.17. The molecule has 2 aromatic carbocycles. The Morgan fingerprint density at radius 3 is 2.24 bits per heavy atom. The van der Waals surface area contributed by atoms with Gasteiger partial charge in [-0.2, -0.15) is 0 Å². The number of hydrogen-bond donors (Lipinski definition) is 1. The molecule has 0 aromatic heterocycles. The van der Waals surface area contributed by atoms with Gasteiger partial charge in [-0.15, -0.1) is 0 Å². The van der Waals surface area contributed by atoms with Crippen LogP contribution in [0.2, 0.25) is 0 Å². The monoisotopic (exact) mass is 280 g/mol. The minimum absolute atomic E-state index is 0.186. The molecule has 2 atom stereocenters. The molecule has 0 amide bonds. The first-order valence-corrected chi connectivity index (χ1v) is 7.12. The highest BCUT2D eigenvalue weighted by Crippen LogP contribution is 2.07. The van der Waals surface area contributed by atoms with Crippen molar-refractivity contribution >= 4 is 0 Å². The molecule has 2 heteroatoms. The van der Waals surface area contributed by atoms with Gasteiger partial charge in [0, 0.05) is 5.56 Å². The molecule has 0 aliphatic rings. The summed E-state index contributed by atoms with van der Waals surface area (Å²) in [4.78, 5) is 0. The van der Waals surface area contributed by atoms with Crippen LogP contribution in [0.1, 0.15) is 18.1 Å². The van der Waals surface area contributed by atoms with Gasteiger partial charge < -0.3 is 9.84 Å². The van der Waals surface area contributed by atoms with Crippen molar-refractivity contribution in [1.82, 2.24) is 0 Å². The molecule has 1 N–H and O–H groups in total. The first kappa shape index (κ1) is 15.3. The van der Waals surface area contributed by atoms with E-state index in [9.17, 15) is 5.11 Å². The molecule has 0 radical (unpaired) electrons. The lowest BCUT2D eigenvalue weighted by molar-refractivity contribution is 0.0518. The third-order valence-electron chi connectivity index (χ3n) is 3.17. The molecule has 108 valence electrons. The van der Waals surface area contributed by atoms with Gasteiger partial charge in [-0.1, -0.05) is 60.4 Å². The van der Waals surface area contributed by atoms with Crippen molar-refractivity contribution in [2.45, 2.75) is 19.6 Å². The van der Waals surface area contributed by atoms with Gasteiger partial charge in [0.15, 0.2) is 0 Å². The average Bonchev–Trinajstić information content (AvgIpc) is 2.52. The van der Waals surface area contributed by atoms with E-state index in [1.165, 1.54) is 0 Å². The molecule has 2 aromatic rings. The van der Waals surface area contributed by atoms with Crippen molar-refractivity contribution in [3.05, 3.63) is 71.8 Å². The molecule has 0 spiro atoms. The van der Waals surface area contributed by atoms with Gasteiger partial charge in [-0.05, 0) is 24.6 Å². The average molecular weight is 280 g/mol. The van der Waals surface area contributed by atoms with Crippen molar-refractivity contribution < 1.29 is 9.84 Å². The molecular weight excluding hydrogens is 260 g/mol. The lowest BCUT2D eigenvalue weighted by Gasteiger charge is -2.14. The molecule has 21 heavy (non-hydrogen) atoms. The van der Waals surface area contributed by atoms with Crippen molar-refractivity contribution in [3.8, 4) is 11.8 Å². The molecule has 0 aliphatic carbocycles. The number of hydrogen-bond acceptors (Lipinski definition) is 2. The maximum atomic E-state index is 9.80. The number of benzene rings is 2. The van der Waals surface area contributed by atoms with Crippen LogP contribution in [0.4, 0.5) is 0 Å². The van der Waals surface area contributed by atoms with Crippen LogP contribution in [0.5, 0.6) is 0 Å². The summed E-state index contributed by atoms with van der Waals surface area (Å²) in [5, 5.41) is 9.80. The maximum Gasteiger partial charge on any atom is 0.0717 e. The summed E-state index contributed by atoms with van der Waals surface area (Å²) < 4.78 is 5.67. The quantitative estimate of drug-likeness (QED) is 0.852. The van der Waals surface area contributed by atoms with Gasteiger partial charge in [0.05, 0.1) is 25.2 Å². The number of aliphatic hydroxyl groups excluding tert-OH is 1. The predicted molar refractivity (Wildman–Crippen MR) is 84.6 cm³/mol. The Balaban J connectivity index is 1.90. The second kappa shape index (κ2) is 8.26. The zero-order valence-electron chi connectivity index (χ0n) is 12.2. The van der Waals surface area contributed by atoms with Crippen LogP contribution in [0, 0.1) is 17.8 Å². The van der Waals surface area contributed by atoms with Gasteiger partial charge in [0.2, 0.25) is 0 Å². The van der Waals surface area contributed by atoms with Gasteiger partial charge in [-0.3, -0.25) is 0 Å². The van der Waals surface area contributed by atoms with E-state index < -0.39 is 6.10 Å². The van der Waals surface area contributed by atoms with Crippen LogP contribution in [-0.2, 0) is 11.3 Å². The molecule has 0 saturated heterocycles. The van der Waals surface area contributed by atoms with E-state index in [-0.39, 0.29) is 5.92 Å². The molecule has 2 rings (SSSR count). The van der Waals surface area contributed by atoms with E-state index in [0.717, 1.165) is 11.1 Å². The normalized spacial score (nSPS) is 13.0. The van der Waals surface area contributed by atoms with Gasteiger partial charge in [0.25, 0.3) is 0 Å². The summed E-state index contributed by atoms with van der Waals surface area (Å²) in [6.45, 7) is 2.71. The van der Waals surface area contributed by atoms with Crippen molar-refractivity contribution in [2.24, 2.45) is 5.92 Å². The molecule has 0 aliphatic heterocycles. The largest absolute Gasteiger partial charge is 0.392 e. The third kappa shape index (κ3) is 5.43. The van der Waals surface area contributed by atoms with Gasteiger partial charge >= 0.3 is 0 Å². The summed E-state index contributed by atoms with van der Waals surface area (Å²) in [5.41, 5.74) is 2.07. The highest BCUT2D eigenvalue weighted by atomic mass is 16.5. The summed E-state index contributed by atoms with van der Waals surface area (Å²) >= 11 is 0.